The SMILES string of the molecule is O=C1CC(=O)N2NC=CC2=N1. The molecule has 11 heavy (non-hydrogen) atoms. The maximum atomic E-state index is 11.0. The van der Waals surface area contributed by atoms with E-state index in [2.05, 4.69) is 10.4 Å². The number of nitrogens with zero attached hydrogens (tertiary/aromatic N) is 2. The van der Waals surface area contributed by atoms with Crippen LogP contribution >= 0.6 is 0 Å². The standard InChI is InChI=1S/C6H5N3O2/c10-5-3-6(11)9-4(8-5)1-2-7-9/h1-2,7H,3H2. The first-order valence-corrected chi connectivity index (χ1v) is 3.14. The van der Waals surface area contributed by atoms with Crippen LogP contribution in [-0.2, 0) is 9.59 Å². The number of nitrogens with one attached hydrogen (secondary N) is 1. The fourth-order valence-corrected chi connectivity index (χ4v) is 0.990. The molecule has 0 unspecified atom stereocenters. The predicted octanol–water partition coefficient (Wildman–Crippen LogP) is -0.824. The maximum Gasteiger partial charge on any atom is 0.257 e. The molecule has 0 radical (unpaired) electrons. The molecule has 0 spiro atoms. The van der Waals surface area contributed by atoms with Crippen molar-refractivity contribution in [3.05, 3.63) is 12.3 Å². The summed E-state index contributed by atoms with van der Waals surface area (Å²) < 4.78 is 0. The second-order valence-corrected chi connectivity index (χ2v) is 2.23. The lowest BCUT2D eigenvalue weighted by Crippen LogP contribution is -2.43. The summed E-state index contributed by atoms with van der Waals surface area (Å²) in [6.07, 6.45) is 3.00. The Bertz CT molecular complexity index is 292. The molecule has 5 nitrogen and oxygen atoms in total. The number of amidine groups is 1. The minimum absolute atomic E-state index is 0.141. The number of hydrogen-bond acceptors (Lipinski definition) is 3. The molecular formula is C6H5N3O2. The molecule has 0 aromatic rings. The fraction of sp³-hybridized carbons (Fsp3) is 0.167. The van der Waals surface area contributed by atoms with E-state index < -0.39 is 0 Å². The van der Waals surface area contributed by atoms with Gasteiger partial charge in [-0.25, -0.2) is 5.01 Å². The number of carbonyl (C=O) groups excluding carboxylic acids is 2. The van der Waals surface area contributed by atoms with Gasteiger partial charge in [-0.2, -0.15) is 4.99 Å². The summed E-state index contributed by atoms with van der Waals surface area (Å²) in [7, 11) is 0. The zero-order valence-electron chi connectivity index (χ0n) is 5.57. The van der Waals surface area contributed by atoms with Gasteiger partial charge in [0.1, 0.15) is 6.42 Å². The average molecular weight is 151 g/mol. The van der Waals surface area contributed by atoms with E-state index in [1.807, 2.05) is 0 Å². The number of carbonyl (C=O) groups is 2. The highest BCUT2D eigenvalue weighted by Gasteiger charge is 2.28. The molecule has 2 aliphatic heterocycles. The first-order valence-electron chi connectivity index (χ1n) is 3.14. The van der Waals surface area contributed by atoms with Crippen LogP contribution in [-0.4, -0.2) is 22.7 Å². The van der Waals surface area contributed by atoms with Crippen LogP contribution < -0.4 is 5.43 Å². The molecule has 0 aromatic carbocycles. The molecule has 0 fully saturated rings. The molecule has 0 bridgehead atoms. The van der Waals surface area contributed by atoms with Gasteiger partial charge in [-0.05, 0) is 0 Å². The molecule has 0 aromatic heterocycles. The fourth-order valence-electron chi connectivity index (χ4n) is 0.990. The van der Waals surface area contributed by atoms with Crippen LogP contribution in [0.3, 0.4) is 0 Å². The van der Waals surface area contributed by atoms with Crippen molar-refractivity contribution in [3.8, 4) is 0 Å². The normalized spacial score (nSPS) is 21.5. The molecule has 2 amide bonds. The number of rotatable bonds is 0. The van der Waals surface area contributed by atoms with E-state index in [-0.39, 0.29) is 18.2 Å². The summed E-state index contributed by atoms with van der Waals surface area (Å²) >= 11 is 0. The Morgan fingerprint density at radius 3 is 3.18 bits per heavy atom. The van der Waals surface area contributed by atoms with E-state index in [0.717, 1.165) is 0 Å². The Morgan fingerprint density at radius 1 is 1.55 bits per heavy atom. The third-order valence-corrected chi connectivity index (χ3v) is 1.46. The number of hydrogen-bond donors (Lipinski definition) is 1. The lowest BCUT2D eigenvalue weighted by Gasteiger charge is -2.19. The molecule has 0 saturated carbocycles. The van der Waals surface area contributed by atoms with Crippen molar-refractivity contribution in [2.75, 3.05) is 0 Å². The molecule has 0 aliphatic carbocycles. The van der Waals surface area contributed by atoms with Crippen LogP contribution in [0.1, 0.15) is 6.42 Å². The first-order chi connectivity index (χ1) is 5.27. The third kappa shape index (κ3) is 0.813. The molecule has 2 rings (SSSR count). The summed E-state index contributed by atoms with van der Waals surface area (Å²) in [5.74, 6) is -0.258. The van der Waals surface area contributed by atoms with E-state index >= 15 is 0 Å². The zero-order chi connectivity index (χ0) is 7.84. The number of aliphatic imine (C=N–C) groups is 1. The number of hydrazine groups is 1. The largest absolute Gasteiger partial charge is 0.297 e. The third-order valence-electron chi connectivity index (χ3n) is 1.46. The molecular weight excluding hydrogens is 146 g/mol. The zero-order valence-corrected chi connectivity index (χ0v) is 5.57. The Labute approximate surface area is 62.4 Å². The maximum absolute atomic E-state index is 11.0. The van der Waals surface area contributed by atoms with Gasteiger partial charge in [0.15, 0.2) is 5.84 Å². The first kappa shape index (κ1) is 6.09. The van der Waals surface area contributed by atoms with Gasteiger partial charge in [-0.15, -0.1) is 0 Å². The van der Waals surface area contributed by atoms with E-state index in [0.29, 0.717) is 5.84 Å². The van der Waals surface area contributed by atoms with Crippen molar-refractivity contribution in [2.24, 2.45) is 4.99 Å². The van der Waals surface area contributed by atoms with Gasteiger partial charge in [0.05, 0.1) is 0 Å². The van der Waals surface area contributed by atoms with Crippen molar-refractivity contribution < 1.29 is 9.59 Å². The molecule has 1 N–H and O–H groups in total. The highest BCUT2D eigenvalue weighted by Crippen LogP contribution is 2.07. The molecule has 2 heterocycles. The van der Waals surface area contributed by atoms with Gasteiger partial charge in [0, 0.05) is 12.3 Å². The van der Waals surface area contributed by atoms with E-state index in [9.17, 15) is 9.59 Å². The van der Waals surface area contributed by atoms with Crippen molar-refractivity contribution >= 4 is 17.6 Å². The second-order valence-electron chi connectivity index (χ2n) is 2.23. The summed E-state index contributed by atoms with van der Waals surface area (Å²) in [5.41, 5.74) is 2.65. The Morgan fingerprint density at radius 2 is 2.36 bits per heavy atom. The van der Waals surface area contributed by atoms with Crippen molar-refractivity contribution in [2.45, 2.75) is 6.42 Å². The monoisotopic (exact) mass is 151 g/mol. The predicted molar refractivity (Wildman–Crippen MR) is 36.2 cm³/mol. The van der Waals surface area contributed by atoms with Crippen LogP contribution in [0.4, 0.5) is 0 Å². The van der Waals surface area contributed by atoms with Crippen LogP contribution in [0.15, 0.2) is 17.3 Å². The van der Waals surface area contributed by atoms with Crippen LogP contribution in [0.5, 0.6) is 0 Å². The van der Waals surface area contributed by atoms with Crippen LogP contribution in [0.2, 0.25) is 0 Å². The molecule has 0 atom stereocenters. The van der Waals surface area contributed by atoms with Gasteiger partial charge in [0.25, 0.3) is 11.8 Å². The Balaban J connectivity index is 2.40. The summed E-state index contributed by atoms with van der Waals surface area (Å²) in [6, 6.07) is 0. The van der Waals surface area contributed by atoms with Gasteiger partial charge >= 0.3 is 0 Å². The quantitative estimate of drug-likeness (QED) is 0.460. The second kappa shape index (κ2) is 1.91. The molecule has 2 aliphatic rings. The average Bonchev–Trinajstić information content (AvgIpc) is 2.34. The van der Waals surface area contributed by atoms with E-state index in [4.69, 9.17) is 0 Å². The van der Waals surface area contributed by atoms with Crippen molar-refractivity contribution in [3.63, 3.8) is 0 Å². The van der Waals surface area contributed by atoms with Gasteiger partial charge in [0.2, 0.25) is 0 Å². The Hall–Kier alpha value is -1.65. The summed E-state index contributed by atoms with van der Waals surface area (Å²) in [5, 5.41) is 1.25. The lowest BCUT2D eigenvalue weighted by atomic mass is 10.3. The van der Waals surface area contributed by atoms with E-state index in [1.165, 1.54) is 5.01 Å². The van der Waals surface area contributed by atoms with Gasteiger partial charge in [-0.1, -0.05) is 0 Å². The minimum Gasteiger partial charge on any atom is -0.297 e. The van der Waals surface area contributed by atoms with Crippen molar-refractivity contribution in [1.29, 1.82) is 0 Å². The smallest absolute Gasteiger partial charge is 0.257 e. The van der Waals surface area contributed by atoms with Crippen LogP contribution in [0.25, 0.3) is 0 Å². The molecule has 56 valence electrons. The Kier molecular flexibility index (Phi) is 1.06. The van der Waals surface area contributed by atoms with Gasteiger partial charge in [-0.3, -0.25) is 15.0 Å². The topological polar surface area (TPSA) is 61.8 Å². The number of amides is 2. The van der Waals surface area contributed by atoms with Gasteiger partial charge < -0.3 is 0 Å². The summed E-state index contributed by atoms with van der Waals surface area (Å²) in [4.78, 5) is 25.4. The lowest BCUT2D eigenvalue weighted by molar-refractivity contribution is -0.134. The minimum atomic E-state index is -0.380. The highest BCUT2D eigenvalue weighted by molar-refractivity contribution is 6.17. The molecule has 5 heteroatoms. The molecule has 0 saturated heterocycles. The van der Waals surface area contributed by atoms with Crippen LogP contribution in [0, 0.1) is 0 Å². The van der Waals surface area contributed by atoms with E-state index in [1.54, 1.807) is 12.3 Å². The van der Waals surface area contributed by atoms with Crippen molar-refractivity contribution in [1.82, 2.24) is 10.4 Å². The number of fused-ring (bicyclic) bond motifs is 1. The highest BCUT2D eigenvalue weighted by atomic mass is 16.2. The summed E-state index contributed by atoms with van der Waals surface area (Å²) in [6.45, 7) is 0.